The van der Waals surface area contributed by atoms with Gasteiger partial charge in [-0.15, -0.1) is 0 Å². The summed E-state index contributed by atoms with van der Waals surface area (Å²) >= 11 is 0. The van der Waals surface area contributed by atoms with Crippen molar-refractivity contribution in [2.45, 2.75) is 296 Å². The predicted octanol–water partition coefficient (Wildman–Crippen LogP) is 20.8. The molecule has 544 valence electrons. The van der Waals surface area contributed by atoms with Crippen molar-refractivity contribution >= 4 is 33.6 Å². The summed E-state index contributed by atoms with van der Waals surface area (Å²) in [6.07, 6.45) is 82.3. The molecule has 0 radical (unpaired) electrons. The van der Waals surface area contributed by atoms with Crippen molar-refractivity contribution in [3.8, 4) is 0 Å². The molecule has 0 heterocycles. The van der Waals surface area contributed by atoms with Crippen LogP contribution in [0.5, 0.6) is 0 Å². The van der Waals surface area contributed by atoms with Crippen molar-refractivity contribution in [2.75, 3.05) is 39.6 Å². The van der Waals surface area contributed by atoms with Gasteiger partial charge in [-0.3, -0.25) is 32.5 Å². The Morgan fingerprint density at radius 1 is 0.305 bits per heavy atom. The van der Waals surface area contributed by atoms with Crippen molar-refractivity contribution in [3.05, 3.63) is 134 Å². The zero-order chi connectivity index (χ0) is 69.5. The lowest BCUT2D eigenvalue weighted by Crippen LogP contribution is -2.30. The zero-order valence-electron chi connectivity index (χ0n) is 59.0. The molecule has 4 N–H and O–H groups in total. The average molecular weight is 1370 g/mol. The van der Waals surface area contributed by atoms with Gasteiger partial charge in [0.1, 0.15) is 25.4 Å². The summed E-state index contributed by atoms with van der Waals surface area (Å²) in [7, 11) is -9.79. The van der Waals surface area contributed by atoms with Crippen molar-refractivity contribution < 1.29 is 75.8 Å². The van der Waals surface area contributed by atoms with Crippen LogP contribution in [0.25, 0.3) is 0 Å². The topological polar surface area (TPSA) is 231 Å². The van der Waals surface area contributed by atoms with E-state index in [2.05, 4.69) is 154 Å². The molecule has 0 aromatic rings. The maximum absolute atomic E-state index is 12.9. The van der Waals surface area contributed by atoms with E-state index in [1.165, 1.54) is 51.4 Å². The molecule has 16 nitrogen and oxygen atoms in total. The summed E-state index contributed by atoms with van der Waals surface area (Å²) < 4.78 is 60.9. The van der Waals surface area contributed by atoms with Crippen LogP contribution in [0.3, 0.4) is 0 Å². The summed E-state index contributed by atoms with van der Waals surface area (Å²) in [5.74, 6) is -1.62. The van der Waals surface area contributed by atoms with E-state index in [-0.39, 0.29) is 19.3 Å². The van der Waals surface area contributed by atoms with Crippen LogP contribution in [0.4, 0.5) is 0 Å². The molecule has 0 bridgehead atoms. The Morgan fingerprint density at radius 3 is 0.884 bits per heavy atom. The third-order valence-corrected chi connectivity index (χ3v) is 16.7. The Balaban J connectivity index is 4.44. The third kappa shape index (κ3) is 70.8. The number of hydrogen-bond donors (Lipinski definition) is 4. The van der Waals surface area contributed by atoms with Gasteiger partial charge in [0.15, 0.2) is 6.10 Å². The van der Waals surface area contributed by atoms with Gasteiger partial charge >= 0.3 is 33.6 Å². The van der Waals surface area contributed by atoms with E-state index in [0.29, 0.717) is 19.3 Å². The molecule has 0 aromatic heterocycles. The highest BCUT2D eigenvalue weighted by Crippen LogP contribution is 2.45. The lowest BCUT2D eigenvalue weighted by molar-refractivity contribution is -0.161. The summed E-state index contributed by atoms with van der Waals surface area (Å²) in [5.41, 5.74) is 0. The number of rotatable bonds is 68. The van der Waals surface area contributed by atoms with Crippen LogP contribution in [-0.4, -0.2) is 95.9 Å². The van der Waals surface area contributed by atoms with E-state index in [0.717, 1.165) is 167 Å². The lowest BCUT2D eigenvalue weighted by atomic mass is 10.0. The smallest absolute Gasteiger partial charge is 0.463 e. The van der Waals surface area contributed by atoms with Gasteiger partial charge < -0.3 is 34.2 Å². The molecule has 0 fully saturated rings. The fourth-order valence-electron chi connectivity index (χ4n) is 9.33. The molecule has 0 aliphatic heterocycles. The number of ether oxygens (including phenoxy) is 3. The van der Waals surface area contributed by atoms with Crippen LogP contribution < -0.4 is 0 Å². The van der Waals surface area contributed by atoms with Crippen LogP contribution in [0.2, 0.25) is 0 Å². The first-order chi connectivity index (χ1) is 46.2. The molecule has 0 aromatic carbocycles. The lowest BCUT2D eigenvalue weighted by Gasteiger charge is -2.21. The molecule has 0 saturated carbocycles. The normalized spacial score (nSPS) is 14.9. The molecule has 0 amide bonds. The number of hydrogen-bond acceptors (Lipinski definition) is 14. The number of phosphoric ester groups is 2. The Kier molecular flexibility index (Phi) is 66.4. The van der Waals surface area contributed by atoms with Gasteiger partial charge in [0.25, 0.3) is 0 Å². The van der Waals surface area contributed by atoms with Gasteiger partial charge in [0, 0.05) is 19.3 Å². The molecular formula is C77H130O16P2. The number of aliphatic hydroxyl groups is 2. The van der Waals surface area contributed by atoms with Crippen molar-refractivity contribution in [3.63, 3.8) is 0 Å². The summed E-state index contributed by atoms with van der Waals surface area (Å²) in [4.78, 5) is 58.4. The summed E-state index contributed by atoms with van der Waals surface area (Å²) in [5, 5.41) is 20.6. The maximum Gasteiger partial charge on any atom is 0.472 e. The second-order valence-electron chi connectivity index (χ2n) is 24.0. The number of esters is 3. The first-order valence-corrected chi connectivity index (χ1v) is 39.5. The van der Waals surface area contributed by atoms with E-state index in [1.807, 2.05) is 0 Å². The Bertz CT molecular complexity index is 2260. The number of carbonyl (C=O) groups excluding carboxylic acids is 3. The van der Waals surface area contributed by atoms with Crippen LogP contribution in [0, 0.1) is 0 Å². The standard InChI is InChI=1S/C77H130O16P2/c1-4-7-10-13-16-19-22-25-27-28-29-30-31-32-33-34-35-36-37-38-39-40-41-42-44-47-48-51-54-57-60-63-75(80)87-66-72(78)67-89-94(83,84)90-68-73(79)69-91-95(85,86)92-71-74(93-77(82)65-62-59-56-53-50-45-24-21-18-15-12-9-6-3)70-88-76(81)64-61-58-55-52-49-46-43-26-23-20-17-14-11-8-5-2/h7-8,10-12,15-17,19-21,24-27,29-30,32-33,35-36,43,72-74,78-79H,4-6,9,13-14,18,22-23,28,31,34,37-42,44-71H2,1-3H3,(H,83,84)(H,85,86)/b10-7-,11-8-,15-12-,19-16-,20-17-,24-21-,27-25-,30-29-,33-32-,36-35-,43-26-. The second kappa shape index (κ2) is 69.6. The second-order valence-corrected chi connectivity index (χ2v) is 26.9. The Labute approximate surface area is 575 Å². The molecule has 0 aliphatic rings. The minimum atomic E-state index is -4.93. The van der Waals surface area contributed by atoms with E-state index >= 15 is 0 Å². The van der Waals surface area contributed by atoms with E-state index in [9.17, 15) is 43.5 Å². The summed E-state index contributed by atoms with van der Waals surface area (Å²) in [6.45, 7) is 2.33. The van der Waals surface area contributed by atoms with E-state index in [1.54, 1.807) is 0 Å². The monoisotopic (exact) mass is 1370 g/mol. The highest BCUT2D eigenvalue weighted by atomic mass is 31.2. The SMILES string of the molecule is CC/C=C\C/C=C\C/C=C\C/C=C\C/C=C\C/C=C\CCCCCCCCCCCCCCC(=O)OCC(O)COP(=O)(O)OCC(O)COP(=O)(O)OCC(COC(=O)CCCCCCC/C=C\C/C=C\C/C=C\CC)OC(=O)CCCCCCC/C=C\C/C=C\CCC. The Hall–Kier alpha value is -4.31. The first-order valence-electron chi connectivity index (χ1n) is 36.5. The van der Waals surface area contributed by atoms with Gasteiger partial charge in [-0.25, -0.2) is 9.13 Å². The van der Waals surface area contributed by atoms with E-state index < -0.39 is 91.5 Å². The van der Waals surface area contributed by atoms with Crippen molar-refractivity contribution in [1.82, 2.24) is 0 Å². The van der Waals surface area contributed by atoms with Crippen LogP contribution in [0.15, 0.2) is 134 Å². The fourth-order valence-corrected chi connectivity index (χ4v) is 10.9. The number of unbranched alkanes of at least 4 members (excludes halogenated alkanes) is 23. The molecule has 18 heteroatoms. The van der Waals surface area contributed by atoms with Gasteiger partial charge in [-0.2, -0.15) is 0 Å². The molecule has 0 spiro atoms. The zero-order valence-corrected chi connectivity index (χ0v) is 60.8. The van der Waals surface area contributed by atoms with Gasteiger partial charge in [-0.05, 0) is 128 Å². The number of phosphoric acid groups is 2. The van der Waals surface area contributed by atoms with Crippen molar-refractivity contribution in [1.29, 1.82) is 0 Å². The minimum Gasteiger partial charge on any atom is -0.463 e. The fraction of sp³-hybridized carbons (Fsp3) is 0.675. The molecule has 5 atom stereocenters. The molecule has 0 saturated heterocycles. The van der Waals surface area contributed by atoms with Crippen LogP contribution in [0.1, 0.15) is 278 Å². The Morgan fingerprint density at radius 2 is 0.558 bits per heavy atom. The minimum absolute atomic E-state index is 0.0821. The molecule has 0 rings (SSSR count). The quantitative estimate of drug-likeness (QED) is 0.0146. The highest BCUT2D eigenvalue weighted by molar-refractivity contribution is 7.47. The van der Waals surface area contributed by atoms with Crippen molar-refractivity contribution in [2.24, 2.45) is 0 Å². The maximum atomic E-state index is 12.9. The number of aliphatic hydroxyl groups excluding tert-OH is 2. The summed E-state index contributed by atoms with van der Waals surface area (Å²) in [6, 6.07) is 0. The van der Waals surface area contributed by atoms with Crippen LogP contribution in [-0.2, 0) is 55.8 Å². The molecular weight excluding hydrogens is 1240 g/mol. The van der Waals surface area contributed by atoms with E-state index in [4.69, 9.17) is 32.3 Å². The number of allylic oxidation sites excluding steroid dienone is 22. The highest BCUT2D eigenvalue weighted by Gasteiger charge is 2.29. The van der Waals surface area contributed by atoms with Gasteiger partial charge in [0.2, 0.25) is 0 Å². The first kappa shape index (κ1) is 90.7. The largest absolute Gasteiger partial charge is 0.472 e. The average Bonchev–Trinajstić information content (AvgIpc) is 1.75. The molecule has 5 unspecified atom stereocenters. The third-order valence-electron chi connectivity index (χ3n) is 14.8. The molecule has 0 aliphatic carbocycles. The van der Waals surface area contributed by atoms with Gasteiger partial charge in [0.05, 0.1) is 26.4 Å². The number of carbonyl (C=O) groups is 3. The van der Waals surface area contributed by atoms with Crippen LogP contribution >= 0.6 is 15.6 Å². The predicted molar refractivity (Wildman–Crippen MR) is 390 cm³/mol. The van der Waals surface area contributed by atoms with Gasteiger partial charge in [-0.1, -0.05) is 264 Å². The molecule has 95 heavy (non-hydrogen) atoms.